The van der Waals surface area contributed by atoms with Gasteiger partial charge in [0.15, 0.2) is 6.23 Å². The minimum atomic E-state index is -1.02. The average Bonchev–Trinajstić information content (AvgIpc) is 2.40. The number of nitrogens with two attached hydrogens (primary N) is 1. The standard InChI is InChI=1S/C8H14N2O4/c1-2-6-5(3-4-7(11)12)8(13)10(9)14-6/h8,13H,2-4,9H2,1H3,(H,11,12). The van der Waals surface area contributed by atoms with Crippen LogP contribution in [-0.4, -0.2) is 27.6 Å². The molecule has 0 bridgehead atoms. The molecule has 0 aromatic rings. The zero-order valence-corrected chi connectivity index (χ0v) is 7.93. The number of allylic oxidation sites excluding steroid dienone is 1. The number of hydrogen-bond donors (Lipinski definition) is 3. The number of hydroxylamine groups is 1. The Kier molecular flexibility index (Phi) is 3.45. The molecule has 0 aromatic carbocycles. The van der Waals surface area contributed by atoms with Crippen molar-refractivity contribution in [2.45, 2.75) is 32.4 Å². The maximum atomic E-state index is 10.3. The van der Waals surface area contributed by atoms with E-state index in [0.717, 1.165) is 5.17 Å². The molecule has 80 valence electrons. The third-order valence-corrected chi connectivity index (χ3v) is 2.06. The van der Waals surface area contributed by atoms with E-state index < -0.39 is 12.2 Å². The summed E-state index contributed by atoms with van der Waals surface area (Å²) >= 11 is 0. The number of aliphatic hydroxyl groups is 1. The van der Waals surface area contributed by atoms with Crippen molar-refractivity contribution in [3.05, 3.63) is 11.3 Å². The summed E-state index contributed by atoms with van der Waals surface area (Å²) in [7, 11) is 0. The van der Waals surface area contributed by atoms with E-state index in [4.69, 9.17) is 15.8 Å². The summed E-state index contributed by atoms with van der Waals surface area (Å²) in [5.41, 5.74) is 0.553. The number of carboxylic acids is 1. The number of hydrogen-bond acceptors (Lipinski definition) is 5. The van der Waals surface area contributed by atoms with Crippen LogP contribution >= 0.6 is 0 Å². The first-order valence-corrected chi connectivity index (χ1v) is 4.40. The normalized spacial score (nSPS) is 22.6. The van der Waals surface area contributed by atoms with E-state index in [2.05, 4.69) is 0 Å². The van der Waals surface area contributed by atoms with Crippen LogP contribution in [0.4, 0.5) is 0 Å². The van der Waals surface area contributed by atoms with Crippen molar-refractivity contribution in [2.24, 2.45) is 5.84 Å². The van der Waals surface area contributed by atoms with Crippen LogP contribution in [0.1, 0.15) is 26.2 Å². The molecular weight excluding hydrogens is 188 g/mol. The van der Waals surface area contributed by atoms with Gasteiger partial charge in [-0.25, -0.2) is 5.84 Å². The molecule has 0 fully saturated rings. The van der Waals surface area contributed by atoms with E-state index in [-0.39, 0.29) is 12.8 Å². The SMILES string of the molecule is CCC1=C(CCC(=O)O)C(O)N(N)O1. The third-order valence-electron chi connectivity index (χ3n) is 2.06. The molecule has 1 atom stereocenters. The van der Waals surface area contributed by atoms with Gasteiger partial charge in [0.05, 0.1) is 0 Å². The van der Waals surface area contributed by atoms with E-state index in [9.17, 15) is 9.90 Å². The molecule has 6 nitrogen and oxygen atoms in total. The smallest absolute Gasteiger partial charge is 0.303 e. The first-order valence-electron chi connectivity index (χ1n) is 4.40. The Bertz CT molecular complexity index is 264. The molecule has 1 aliphatic heterocycles. The van der Waals surface area contributed by atoms with Gasteiger partial charge in [-0.3, -0.25) is 4.79 Å². The molecule has 1 heterocycles. The lowest BCUT2D eigenvalue weighted by Gasteiger charge is -2.13. The second kappa shape index (κ2) is 4.41. The predicted molar refractivity (Wildman–Crippen MR) is 47.3 cm³/mol. The maximum absolute atomic E-state index is 10.3. The van der Waals surface area contributed by atoms with Crippen molar-refractivity contribution in [3.63, 3.8) is 0 Å². The summed E-state index contributed by atoms with van der Waals surface area (Å²) in [6, 6.07) is 0. The number of hydrazine groups is 1. The molecule has 0 radical (unpaired) electrons. The molecule has 0 amide bonds. The second-order valence-corrected chi connectivity index (χ2v) is 3.02. The van der Waals surface area contributed by atoms with Crippen LogP contribution in [0.3, 0.4) is 0 Å². The topological polar surface area (TPSA) is 96.0 Å². The van der Waals surface area contributed by atoms with Crippen molar-refractivity contribution in [3.8, 4) is 0 Å². The maximum Gasteiger partial charge on any atom is 0.303 e. The molecule has 1 aliphatic rings. The minimum absolute atomic E-state index is 0.0346. The third kappa shape index (κ3) is 2.22. The lowest BCUT2D eigenvalue weighted by Crippen LogP contribution is -2.36. The lowest BCUT2D eigenvalue weighted by molar-refractivity contribution is -0.176. The van der Waals surface area contributed by atoms with Crippen LogP contribution in [0.5, 0.6) is 0 Å². The second-order valence-electron chi connectivity index (χ2n) is 3.02. The van der Waals surface area contributed by atoms with Crippen LogP contribution < -0.4 is 5.84 Å². The van der Waals surface area contributed by atoms with Gasteiger partial charge in [-0.05, 0) is 11.6 Å². The molecule has 1 unspecified atom stereocenters. The van der Waals surface area contributed by atoms with Crippen LogP contribution in [-0.2, 0) is 9.63 Å². The monoisotopic (exact) mass is 202 g/mol. The van der Waals surface area contributed by atoms with Crippen molar-refractivity contribution in [1.82, 2.24) is 5.17 Å². The van der Waals surface area contributed by atoms with Crippen LogP contribution in [0.15, 0.2) is 11.3 Å². The van der Waals surface area contributed by atoms with E-state index in [1.54, 1.807) is 0 Å². The quantitative estimate of drug-likeness (QED) is 0.553. The van der Waals surface area contributed by atoms with Gasteiger partial charge < -0.3 is 15.1 Å². The summed E-state index contributed by atoms with van der Waals surface area (Å²) in [5.74, 6) is 4.96. The Morgan fingerprint density at radius 3 is 2.86 bits per heavy atom. The number of carboxylic acid groups (broad SMARTS) is 1. The summed E-state index contributed by atoms with van der Waals surface area (Å²) < 4.78 is 0. The van der Waals surface area contributed by atoms with Gasteiger partial charge in [0.25, 0.3) is 0 Å². The van der Waals surface area contributed by atoms with Crippen molar-refractivity contribution in [2.75, 3.05) is 0 Å². The highest BCUT2D eigenvalue weighted by Crippen LogP contribution is 2.27. The molecule has 6 heteroatoms. The van der Waals surface area contributed by atoms with Gasteiger partial charge in [-0.15, -0.1) is 0 Å². The van der Waals surface area contributed by atoms with Gasteiger partial charge in [-0.1, -0.05) is 6.92 Å². The van der Waals surface area contributed by atoms with E-state index in [1.165, 1.54) is 0 Å². The van der Waals surface area contributed by atoms with Gasteiger partial charge in [0, 0.05) is 18.4 Å². The first kappa shape index (κ1) is 11.0. The van der Waals surface area contributed by atoms with Gasteiger partial charge in [0.2, 0.25) is 0 Å². The largest absolute Gasteiger partial charge is 0.481 e. The summed E-state index contributed by atoms with van der Waals surface area (Å²) in [6.45, 7) is 1.85. The number of carbonyl (C=O) groups is 1. The number of aliphatic carboxylic acids is 1. The summed E-state index contributed by atoms with van der Waals surface area (Å²) in [6.07, 6.45) is -0.218. The molecule has 1 rings (SSSR count). The highest BCUT2D eigenvalue weighted by molar-refractivity contribution is 5.67. The van der Waals surface area contributed by atoms with Crippen LogP contribution in [0.25, 0.3) is 0 Å². The first-order chi connectivity index (χ1) is 6.56. The number of nitrogens with zero attached hydrogens (tertiary/aromatic N) is 1. The van der Waals surface area contributed by atoms with Gasteiger partial charge in [-0.2, -0.15) is 0 Å². The van der Waals surface area contributed by atoms with E-state index in [1.807, 2.05) is 6.92 Å². The zero-order valence-electron chi connectivity index (χ0n) is 7.93. The van der Waals surface area contributed by atoms with Crippen molar-refractivity contribution < 1.29 is 19.8 Å². The van der Waals surface area contributed by atoms with Gasteiger partial charge >= 0.3 is 5.97 Å². The molecule has 0 aromatic heterocycles. The van der Waals surface area contributed by atoms with Crippen LogP contribution in [0, 0.1) is 0 Å². The zero-order chi connectivity index (χ0) is 10.7. The minimum Gasteiger partial charge on any atom is -0.481 e. The van der Waals surface area contributed by atoms with E-state index in [0.29, 0.717) is 17.8 Å². The molecule has 0 spiro atoms. The van der Waals surface area contributed by atoms with E-state index >= 15 is 0 Å². The predicted octanol–water partition coefficient (Wildman–Crippen LogP) is -0.0454. The average molecular weight is 202 g/mol. The van der Waals surface area contributed by atoms with Crippen molar-refractivity contribution in [1.29, 1.82) is 0 Å². The van der Waals surface area contributed by atoms with Crippen LogP contribution in [0.2, 0.25) is 0 Å². The Balaban J connectivity index is 2.66. The Morgan fingerprint density at radius 2 is 2.36 bits per heavy atom. The summed E-state index contributed by atoms with van der Waals surface area (Å²) in [5, 5.41) is 18.8. The molecule has 14 heavy (non-hydrogen) atoms. The number of aliphatic hydroxyl groups excluding tert-OH is 1. The Morgan fingerprint density at radius 1 is 1.71 bits per heavy atom. The fourth-order valence-corrected chi connectivity index (χ4v) is 1.34. The molecule has 0 aliphatic carbocycles. The fourth-order valence-electron chi connectivity index (χ4n) is 1.34. The molecule has 4 N–H and O–H groups in total. The fraction of sp³-hybridized carbons (Fsp3) is 0.625. The molecule has 0 saturated heterocycles. The highest BCUT2D eigenvalue weighted by Gasteiger charge is 2.30. The molecule has 0 saturated carbocycles. The van der Waals surface area contributed by atoms with Crippen molar-refractivity contribution >= 4 is 5.97 Å². The van der Waals surface area contributed by atoms with Gasteiger partial charge in [0.1, 0.15) is 5.76 Å². The number of rotatable bonds is 4. The Labute approximate surface area is 81.5 Å². The highest BCUT2D eigenvalue weighted by atomic mass is 16.7. The Hall–Kier alpha value is -1.11. The summed E-state index contributed by atoms with van der Waals surface area (Å²) in [4.78, 5) is 15.4. The lowest BCUT2D eigenvalue weighted by atomic mass is 10.1. The molecular formula is C8H14N2O4.